The van der Waals surface area contributed by atoms with E-state index in [1.54, 1.807) is 11.5 Å². The van der Waals surface area contributed by atoms with Crippen molar-refractivity contribution in [3.05, 3.63) is 58.4 Å². The fourth-order valence-corrected chi connectivity index (χ4v) is 5.87. The summed E-state index contributed by atoms with van der Waals surface area (Å²) in [6, 6.07) is 2.85. The highest BCUT2D eigenvalue weighted by molar-refractivity contribution is 8.02. The molecule has 176 valence electrons. The number of hydrogen-bond donors (Lipinski definition) is 3. The van der Waals surface area contributed by atoms with Gasteiger partial charge in [0.05, 0.1) is 11.7 Å². The largest absolute Gasteiger partial charge is 0.543 e. The normalized spacial score (nSPS) is 20.3. The van der Waals surface area contributed by atoms with Crippen molar-refractivity contribution in [1.29, 1.82) is 0 Å². The summed E-state index contributed by atoms with van der Waals surface area (Å²) < 4.78 is 1.90. The summed E-state index contributed by atoms with van der Waals surface area (Å²) in [4.78, 5) is 43.2. The van der Waals surface area contributed by atoms with Crippen LogP contribution in [0.1, 0.15) is 5.69 Å². The van der Waals surface area contributed by atoms with Crippen LogP contribution in [0.2, 0.25) is 0 Å². The van der Waals surface area contributed by atoms with E-state index in [0.29, 0.717) is 11.3 Å². The molecule has 1 saturated heterocycles. The predicted octanol–water partition coefficient (Wildman–Crippen LogP) is -0.562. The highest BCUT2D eigenvalue weighted by Gasteiger charge is 2.53. The van der Waals surface area contributed by atoms with E-state index in [1.807, 2.05) is 36.1 Å². The van der Waals surface area contributed by atoms with Gasteiger partial charge in [0, 0.05) is 28.2 Å². The molecule has 4 heterocycles. The lowest BCUT2D eigenvalue weighted by molar-refractivity contribution is -0.671. The second-order valence-electron chi connectivity index (χ2n) is 7.16. The van der Waals surface area contributed by atoms with Gasteiger partial charge in [-0.05, 0) is 17.1 Å². The van der Waals surface area contributed by atoms with Crippen LogP contribution in [0.3, 0.4) is 0 Å². The first kappa shape index (κ1) is 23.8. The van der Waals surface area contributed by atoms with Crippen molar-refractivity contribution in [2.24, 2.45) is 12.2 Å². The number of aromatic nitrogens is 2. The molecule has 2 unspecified atom stereocenters. The summed E-state index contributed by atoms with van der Waals surface area (Å²) in [6.07, 6.45) is 5.44. The van der Waals surface area contributed by atoms with Crippen LogP contribution in [-0.2, 0) is 21.4 Å². The van der Waals surface area contributed by atoms with Crippen molar-refractivity contribution in [2.45, 2.75) is 16.3 Å². The molecule has 4 N–H and O–H groups in total. The molecular formula is C20H18N6O5S3. The van der Waals surface area contributed by atoms with E-state index in [9.17, 15) is 24.7 Å². The molecule has 2 aliphatic rings. The molecule has 2 atom stereocenters. The van der Waals surface area contributed by atoms with Gasteiger partial charge < -0.3 is 26.2 Å². The number of allylic oxidation sites excluding steroid dienone is 1. The summed E-state index contributed by atoms with van der Waals surface area (Å²) in [5.74, 6) is -2.61. The summed E-state index contributed by atoms with van der Waals surface area (Å²) in [7, 11) is 1.91. The number of rotatable bonds is 7. The Morgan fingerprint density at radius 3 is 2.79 bits per heavy atom. The standard InChI is InChI=1S/C20H18N6O5S3/c1-25-5-2-11(3-6-25)32-7-4-10-8-33-18-14(17(28)26(18)15(10)19(29)30)23-16(27)13(24-31)12-9-34-20(21)22-12/h2-7,9,14,18H,8H2,1H3,(H4-,21,22,23,27,29,30,31)/b7-4+. The highest BCUT2D eigenvalue weighted by Crippen LogP contribution is 2.40. The molecule has 11 nitrogen and oxygen atoms in total. The number of carboxylic acids is 1. The third kappa shape index (κ3) is 4.64. The number of nitrogens with one attached hydrogen (secondary N) is 1. The van der Waals surface area contributed by atoms with Gasteiger partial charge in [-0.25, -0.2) is 9.55 Å². The summed E-state index contributed by atoms with van der Waals surface area (Å²) in [5, 5.41) is 29.3. The van der Waals surface area contributed by atoms with Crippen LogP contribution < -0.4 is 20.7 Å². The lowest BCUT2D eigenvalue weighted by Gasteiger charge is -2.50. The molecule has 0 radical (unpaired) electrons. The van der Waals surface area contributed by atoms with Gasteiger partial charge in [-0.15, -0.1) is 23.1 Å². The molecule has 2 amide bonds. The SMILES string of the molecule is C[n+]1ccc(S/C=C/C2=C(C(=O)[O-])N3C(=O)C(NC(=O)/C(=N\O)c4csc(N)n4)C3SC2)cc1. The molecule has 4 rings (SSSR count). The van der Waals surface area contributed by atoms with Crippen molar-refractivity contribution in [2.75, 3.05) is 11.5 Å². The van der Waals surface area contributed by atoms with Crippen LogP contribution >= 0.6 is 34.9 Å². The predicted molar refractivity (Wildman–Crippen MR) is 125 cm³/mol. The Hall–Kier alpha value is -3.36. The van der Waals surface area contributed by atoms with Gasteiger partial charge in [-0.3, -0.25) is 14.5 Å². The Balaban J connectivity index is 1.47. The zero-order chi connectivity index (χ0) is 24.4. The van der Waals surface area contributed by atoms with Crippen LogP contribution in [0.4, 0.5) is 5.13 Å². The van der Waals surface area contributed by atoms with Gasteiger partial charge in [-0.1, -0.05) is 16.9 Å². The fraction of sp³-hybridized carbons (Fsp3) is 0.200. The molecule has 0 spiro atoms. The molecule has 2 aromatic heterocycles. The van der Waals surface area contributed by atoms with E-state index in [4.69, 9.17) is 5.73 Å². The number of aliphatic carboxylic acids is 1. The fourth-order valence-electron chi connectivity index (χ4n) is 3.34. The zero-order valence-corrected chi connectivity index (χ0v) is 20.0. The monoisotopic (exact) mass is 518 g/mol. The minimum Gasteiger partial charge on any atom is -0.543 e. The summed E-state index contributed by atoms with van der Waals surface area (Å²) >= 11 is 3.77. The van der Waals surface area contributed by atoms with Crippen LogP contribution in [-0.4, -0.2) is 55.8 Å². The molecule has 34 heavy (non-hydrogen) atoms. The Kier molecular flexibility index (Phi) is 6.90. The van der Waals surface area contributed by atoms with Gasteiger partial charge in [0.25, 0.3) is 11.8 Å². The maximum atomic E-state index is 12.8. The molecule has 2 aromatic rings. The zero-order valence-electron chi connectivity index (χ0n) is 17.6. The first-order chi connectivity index (χ1) is 16.3. The van der Waals surface area contributed by atoms with Crippen LogP contribution in [0.25, 0.3) is 0 Å². The third-order valence-electron chi connectivity index (χ3n) is 4.98. The van der Waals surface area contributed by atoms with Gasteiger partial charge in [-0.2, -0.15) is 0 Å². The molecule has 14 heteroatoms. The average Bonchev–Trinajstić information content (AvgIpc) is 3.24. The van der Waals surface area contributed by atoms with E-state index >= 15 is 0 Å². The maximum Gasteiger partial charge on any atom is 0.276 e. The number of hydrogen-bond acceptors (Lipinski definition) is 11. The number of carbonyl (C=O) groups excluding carboxylic acids is 3. The first-order valence-corrected chi connectivity index (χ1v) is 12.5. The quantitative estimate of drug-likeness (QED) is 0.109. The van der Waals surface area contributed by atoms with Crippen molar-refractivity contribution in [3.63, 3.8) is 0 Å². The summed E-state index contributed by atoms with van der Waals surface area (Å²) in [6.45, 7) is 0. The molecule has 0 saturated carbocycles. The molecule has 0 aromatic carbocycles. The Bertz CT molecular complexity index is 1240. The topological polar surface area (TPSA) is 165 Å². The first-order valence-electron chi connectivity index (χ1n) is 9.72. The van der Waals surface area contributed by atoms with Crippen molar-refractivity contribution >= 4 is 63.5 Å². The van der Waals surface area contributed by atoms with Gasteiger partial charge in [0.1, 0.15) is 24.2 Å². The van der Waals surface area contributed by atoms with E-state index in [0.717, 1.165) is 21.1 Å². The van der Waals surface area contributed by atoms with Gasteiger partial charge in [0.2, 0.25) is 0 Å². The second-order valence-corrected chi connectivity index (χ2v) is 10.1. The number of amides is 2. The molecule has 0 bridgehead atoms. The molecule has 2 aliphatic heterocycles. The Morgan fingerprint density at radius 2 is 2.18 bits per heavy atom. The summed E-state index contributed by atoms with van der Waals surface area (Å²) in [5.41, 5.74) is 5.43. The van der Waals surface area contributed by atoms with Gasteiger partial charge in [0.15, 0.2) is 23.2 Å². The average molecular weight is 519 g/mol. The third-order valence-corrected chi connectivity index (χ3v) is 7.77. The number of anilines is 1. The van der Waals surface area contributed by atoms with E-state index < -0.39 is 34.9 Å². The maximum absolute atomic E-state index is 12.8. The number of nitrogen functional groups attached to an aromatic ring is 1. The number of thioether (sulfide) groups is 2. The number of thiazole rings is 1. The van der Waals surface area contributed by atoms with Crippen LogP contribution in [0.5, 0.6) is 0 Å². The highest BCUT2D eigenvalue weighted by atomic mass is 32.2. The molecular weight excluding hydrogens is 500 g/mol. The Morgan fingerprint density at radius 1 is 1.44 bits per heavy atom. The van der Waals surface area contributed by atoms with Crippen molar-refractivity contribution < 1.29 is 29.3 Å². The number of fused-ring (bicyclic) bond motifs is 1. The van der Waals surface area contributed by atoms with Crippen LogP contribution in [0, 0.1) is 0 Å². The smallest absolute Gasteiger partial charge is 0.276 e. The minimum absolute atomic E-state index is 0.0647. The number of aryl methyl sites for hydroxylation is 1. The van der Waals surface area contributed by atoms with E-state index in [1.165, 1.54) is 28.9 Å². The van der Waals surface area contributed by atoms with E-state index in [-0.39, 0.29) is 16.5 Å². The number of nitrogens with two attached hydrogens (primary N) is 1. The molecule has 0 aliphatic carbocycles. The van der Waals surface area contributed by atoms with Crippen molar-refractivity contribution in [3.8, 4) is 0 Å². The lowest BCUT2D eigenvalue weighted by Crippen LogP contribution is -2.71. The number of β-lactam (4-membered cyclic amide) rings is 1. The second kappa shape index (κ2) is 9.87. The number of oxime groups is 1. The number of carboxylic acid groups (broad SMARTS) is 1. The minimum atomic E-state index is -1.48. The van der Waals surface area contributed by atoms with Crippen LogP contribution in [0.15, 0.2) is 62.7 Å². The number of nitrogens with zero attached hydrogens (tertiary/aromatic N) is 4. The van der Waals surface area contributed by atoms with E-state index in [2.05, 4.69) is 15.5 Å². The number of carbonyl (C=O) groups is 3. The Labute approximate surface area is 206 Å². The van der Waals surface area contributed by atoms with Crippen molar-refractivity contribution in [1.82, 2.24) is 15.2 Å². The number of pyridine rings is 1. The lowest BCUT2D eigenvalue weighted by atomic mass is 10.0. The molecule has 1 fully saturated rings. The van der Waals surface area contributed by atoms with Gasteiger partial charge >= 0.3 is 0 Å².